The van der Waals surface area contributed by atoms with Crippen molar-refractivity contribution in [1.82, 2.24) is 5.32 Å². The van der Waals surface area contributed by atoms with Gasteiger partial charge in [-0.15, -0.1) is 0 Å². The molecular formula is C9H17NO2. The Morgan fingerprint density at radius 1 is 1.58 bits per heavy atom. The Morgan fingerprint density at radius 3 is 2.83 bits per heavy atom. The number of rotatable bonds is 3. The maximum Gasteiger partial charge on any atom is 0.105 e. The van der Waals surface area contributed by atoms with Gasteiger partial charge in [-0.3, -0.25) is 0 Å². The zero-order valence-corrected chi connectivity index (χ0v) is 7.55. The van der Waals surface area contributed by atoms with Gasteiger partial charge in [0.15, 0.2) is 0 Å². The molecule has 1 saturated carbocycles. The Bertz CT molecular complexity index is 170. The van der Waals surface area contributed by atoms with Crippen LogP contribution in [0.5, 0.6) is 0 Å². The average Bonchev–Trinajstić information content (AvgIpc) is 2.79. The predicted molar refractivity (Wildman–Crippen MR) is 46.0 cm³/mol. The number of hydrogen-bond donors (Lipinski definition) is 2. The molecule has 0 radical (unpaired) electrons. The minimum atomic E-state index is -0.609. The molecule has 70 valence electrons. The molecule has 2 atom stereocenters. The Balaban J connectivity index is 1.82. The normalized spacial score (nSPS) is 42.0. The fraction of sp³-hybridized carbons (Fsp3) is 1.00. The molecule has 2 aliphatic rings. The van der Waals surface area contributed by atoms with Crippen molar-refractivity contribution in [2.75, 3.05) is 13.2 Å². The van der Waals surface area contributed by atoms with E-state index in [-0.39, 0.29) is 6.10 Å². The van der Waals surface area contributed by atoms with E-state index in [1.807, 2.05) is 6.92 Å². The number of nitrogens with one attached hydrogen (secondary N) is 1. The van der Waals surface area contributed by atoms with Gasteiger partial charge in [-0.2, -0.15) is 0 Å². The first-order valence-electron chi connectivity index (χ1n) is 4.78. The molecule has 1 heterocycles. The molecular weight excluding hydrogens is 154 g/mol. The highest BCUT2D eigenvalue weighted by Crippen LogP contribution is 2.26. The Labute approximate surface area is 73.1 Å². The summed E-state index contributed by atoms with van der Waals surface area (Å²) in [6, 6.07) is 0.668. The zero-order valence-electron chi connectivity index (χ0n) is 7.55. The van der Waals surface area contributed by atoms with Crippen molar-refractivity contribution in [1.29, 1.82) is 0 Å². The lowest BCUT2D eigenvalue weighted by Crippen LogP contribution is -2.46. The summed E-state index contributed by atoms with van der Waals surface area (Å²) < 4.78 is 5.33. The third-order valence-corrected chi connectivity index (χ3v) is 2.93. The fourth-order valence-corrected chi connectivity index (χ4v) is 1.61. The second-order valence-corrected chi connectivity index (χ2v) is 4.02. The van der Waals surface area contributed by atoms with E-state index in [2.05, 4.69) is 5.32 Å². The summed E-state index contributed by atoms with van der Waals surface area (Å²) in [7, 11) is 0. The van der Waals surface area contributed by atoms with Crippen LogP contribution >= 0.6 is 0 Å². The molecule has 0 aromatic rings. The number of hydrogen-bond acceptors (Lipinski definition) is 3. The van der Waals surface area contributed by atoms with Crippen LogP contribution < -0.4 is 5.32 Å². The Kier molecular flexibility index (Phi) is 2.10. The molecule has 1 saturated heterocycles. The van der Waals surface area contributed by atoms with Crippen LogP contribution in [0.1, 0.15) is 26.2 Å². The zero-order chi connectivity index (χ0) is 8.60. The molecule has 2 N–H and O–H groups in total. The number of ether oxygens (including phenoxy) is 1. The first-order chi connectivity index (χ1) is 5.71. The molecule has 1 aliphatic carbocycles. The smallest absolute Gasteiger partial charge is 0.105 e. The summed E-state index contributed by atoms with van der Waals surface area (Å²) in [4.78, 5) is 0. The van der Waals surface area contributed by atoms with E-state index < -0.39 is 5.60 Å². The predicted octanol–water partition coefficient (Wildman–Crippen LogP) is 0.278. The SMILES string of the molecule is CC1OCCC1(O)CNC1CC1. The van der Waals surface area contributed by atoms with Gasteiger partial charge in [0.1, 0.15) is 5.60 Å². The summed E-state index contributed by atoms with van der Waals surface area (Å²) in [5.74, 6) is 0. The highest BCUT2D eigenvalue weighted by molar-refractivity contribution is 4.94. The van der Waals surface area contributed by atoms with Gasteiger partial charge in [0.05, 0.1) is 6.10 Å². The third-order valence-electron chi connectivity index (χ3n) is 2.93. The molecule has 0 spiro atoms. The highest BCUT2D eigenvalue weighted by atomic mass is 16.5. The van der Waals surface area contributed by atoms with Crippen LogP contribution in [-0.4, -0.2) is 36.0 Å². The van der Waals surface area contributed by atoms with Gasteiger partial charge < -0.3 is 15.2 Å². The van der Waals surface area contributed by atoms with Crippen molar-refractivity contribution in [2.24, 2.45) is 0 Å². The van der Waals surface area contributed by atoms with Crippen molar-refractivity contribution in [2.45, 2.75) is 43.9 Å². The van der Waals surface area contributed by atoms with Gasteiger partial charge in [-0.25, -0.2) is 0 Å². The lowest BCUT2D eigenvalue weighted by Gasteiger charge is -2.26. The van der Waals surface area contributed by atoms with Crippen LogP contribution in [0.4, 0.5) is 0 Å². The van der Waals surface area contributed by atoms with E-state index in [1.165, 1.54) is 12.8 Å². The molecule has 0 aromatic carbocycles. The van der Waals surface area contributed by atoms with Crippen LogP contribution in [0, 0.1) is 0 Å². The minimum Gasteiger partial charge on any atom is -0.386 e. The van der Waals surface area contributed by atoms with Crippen LogP contribution in [0.15, 0.2) is 0 Å². The first-order valence-corrected chi connectivity index (χ1v) is 4.78. The van der Waals surface area contributed by atoms with Crippen LogP contribution in [0.2, 0.25) is 0 Å². The lowest BCUT2D eigenvalue weighted by molar-refractivity contribution is -0.0263. The maximum absolute atomic E-state index is 10.0. The first kappa shape index (κ1) is 8.48. The molecule has 3 heteroatoms. The van der Waals surface area contributed by atoms with Crippen molar-refractivity contribution in [3.05, 3.63) is 0 Å². The molecule has 2 fully saturated rings. The van der Waals surface area contributed by atoms with Crippen molar-refractivity contribution >= 4 is 0 Å². The quantitative estimate of drug-likeness (QED) is 0.641. The van der Waals surface area contributed by atoms with Crippen molar-refractivity contribution in [3.63, 3.8) is 0 Å². The molecule has 12 heavy (non-hydrogen) atoms. The average molecular weight is 171 g/mol. The molecule has 2 rings (SSSR count). The summed E-state index contributed by atoms with van der Waals surface area (Å²) in [5, 5.41) is 13.4. The molecule has 1 aliphatic heterocycles. The van der Waals surface area contributed by atoms with Crippen LogP contribution in [0.3, 0.4) is 0 Å². The summed E-state index contributed by atoms with van der Waals surface area (Å²) in [6.45, 7) is 3.34. The van der Waals surface area contributed by atoms with E-state index in [4.69, 9.17) is 4.74 Å². The van der Waals surface area contributed by atoms with E-state index in [9.17, 15) is 5.11 Å². The van der Waals surface area contributed by atoms with Gasteiger partial charge in [0.25, 0.3) is 0 Å². The van der Waals surface area contributed by atoms with Gasteiger partial charge >= 0.3 is 0 Å². The second kappa shape index (κ2) is 2.98. The second-order valence-electron chi connectivity index (χ2n) is 4.02. The van der Waals surface area contributed by atoms with Crippen LogP contribution in [0.25, 0.3) is 0 Å². The van der Waals surface area contributed by atoms with Gasteiger partial charge in [-0.1, -0.05) is 0 Å². The topological polar surface area (TPSA) is 41.5 Å². The molecule has 3 nitrogen and oxygen atoms in total. The van der Waals surface area contributed by atoms with Gasteiger partial charge in [0, 0.05) is 25.6 Å². The Hall–Kier alpha value is -0.120. The van der Waals surface area contributed by atoms with Gasteiger partial charge in [-0.05, 0) is 19.8 Å². The molecule has 0 amide bonds. The third kappa shape index (κ3) is 1.63. The van der Waals surface area contributed by atoms with Crippen LogP contribution in [-0.2, 0) is 4.74 Å². The van der Waals surface area contributed by atoms with E-state index in [0.29, 0.717) is 19.2 Å². The molecule has 0 aromatic heterocycles. The summed E-state index contributed by atoms with van der Waals surface area (Å²) >= 11 is 0. The summed E-state index contributed by atoms with van der Waals surface area (Å²) in [5.41, 5.74) is -0.609. The molecule has 0 bridgehead atoms. The summed E-state index contributed by atoms with van der Waals surface area (Å²) in [6.07, 6.45) is 3.30. The maximum atomic E-state index is 10.0. The van der Waals surface area contributed by atoms with E-state index >= 15 is 0 Å². The van der Waals surface area contributed by atoms with Crippen molar-refractivity contribution < 1.29 is 9.84 Å². The highest BCUT2D eigenvalue weighted by Gasteiger charge is 2.40. The van der Waals surface area contributed by atoms with Gasteiger partial charge in [0.2, 0.25) is 0 Å². The fourth-order valence-electron chi connectivity index (χ4n) is 1.61. The largest absolute Gasteiger partial charge is 0.386 e. The van der Waals surface area contributed by atoms with E-state index in [1.54, 1.807) is 0 Å². The monoisotopic (exact) mass is 171 g/mol. The standard InChI is InChI=1S/C9H17NO2/c1-7-9(11,4-5-12-7)6-10-8-2-3-8/h7-8,10-11H,2-6H2,1H3. The Morgan fingerprint density at radius 2 is 2.33 bits per heavy atom. The minimum absolute atomic E-state index is 0.0104. The van der Waals surface area contributed by atoms with Crippen molar-refractivity contribution in [3.8, 4) is 0 Å². The van der Waals surface area contributed by atoms with E-state index in [0.717, 1.165) is 6.42 Å². The number of aliphatic hydroxyl groups is 1. The molecule has 2 unspecified atom stereocenters. The lowest BCUT2D eigenvalue weighted by atomic mass is 9.97.